The first-order chi connectivity index (χ1) is 11.5. The predicted molar refractivity (Wildman–Crippen MR) is 92.4 cm³/mol. The monoisotopic (exact) mass is 368 g/mol. The molecule has 1 N–H and O–H groups in total. The van der Waals surface area contributed by atoms with Gasteiger partial charge in [0.05, 0.1) is 11.4 Å². The van der Waals surface area contributed by atoms with Crippen molar-refractivity contribution in [3.8, 4) is 0 Å². The van der Waals surface area contributed by atoms with Crippen molar-refractivity contribution in [2.45, 2.75) is 56.5 Å². The highest BCUT2D eigenvalue weighted by molar-refractivity contribution is 7.89. The molecule has 1 aromatic carbocycles. The van der Waals surface area contributed by atoms with Crippen LogP contribution in [0.1, 0.15) is 49.5 Å². The van der Waals surface area contributed by atoms with Crippen molar-refractivity contribution in [1.82, 2.24) is 19.5 Å². The number of halogens is 1. The molecule has 0 amide bonds. The number of hydrogen-bond acceptors (Lipinski definition) is 4. The molecule has 0 unspecified atom stereocenters. The molecule has 2 aromatic rings. The predicted octanol–water partition coefficient (Wildman–Crippen LogP) is 3.22. The Morgan fingerprint density at radius 1 is 1.29 bits per heavy atom. The Balaban J connectivity index is 1.73. The molecule has 1 aliphatic carbocycles. The topological polar surface area (TPSA) is 76.9 Å². The summed E-state index contributed by atoms with van der Waals surface area (Å²) in [6.07, 6.45) is 7.51. The van der Waals surface area contributed by atoms with Crippen molar-refractivity contribution in [1.29, 1.82) is 0 Å². The summed E-state index contributed by atoms with van der Waals surface area (Å²) in [7, 11) is -3.64. The van der Waals surface area contributed by atoms with E-state index in [1.165, 1.54) is 25.3 Å². The second-order valence-electron chi connectivity index (χ2n) is 6.18. The lowest BCUT2D eigenvalue weighted by molar-refractivity contribution is 0.344. The van der Waals surface area contributed by atoms with Crippen molar-refractivity contribution in [2.75, 3.05) is 0 Å². The van der Waals surface area contributed by atoms with E-state index in [1.54, 1.807) is 18.5 Å². The second-order valence-corrected chi connectivity index (χ2v) is 8.36. The molecule has 0 atom stereocenters. The van der Waals surface area contributed by atoms with E-state index in [0.717, 1.165) is 18.4 Å². The van der Waals surface area contributed by atoms with Gasteiger partial charge in [0.25, 0.3) is 0 Å². The molecular formula is C16H21ClN4O2S. The summed E-state index contributed by atoms with van der Waals surface area (Å²) < 4.78 is 29.5. The van der Waals surface area contributed by atoms with Crippen molar-refractivity contribution >= 4 is 21.6 Å². The number of rotatable bonds is 5. The van der Waals surface area contributed by atoms with Crippen LogP contribution in [0.25, 0.3) is 0 Å². The minimum atomic E-state index is -3.64. The first-order valence-electron chi connectivity index (χ1n) is 8.11. The zero-order chi connectivity index (χ0) is 17.2. The summed E-state index contributed by atoms with van der Waals surface area (Å²) in [6, 6.07) is 5.07. The van der Waals surface area contributed by atoms with E-state index < -0.39 is 10.0 Å². The van der Waals surface area contributed by atoms with E-state index in [0.29, 0.717) is 16.9 Å². The zero-order valence-electron chi connectivity index (χ0n) is 13.6. The largest absolute Gasteiger partial charge is 0.313 e. The summed E-state index contributed by atoms with van der Waals surface area (Å²) in [6.45, 7) is 1.95. The van der Waals surface area contributed by atoms with Gasteiger partial charge in [-0.15, -0.1) is 10.2 Å². The number of hydrogen-bond donors (Lipinski definition) is 1. The molecule has 0 bridgehead atoms. The Kier molecular flexibility index (Phi) is 5.22. The lowest BCUT2D eigenvalue weighted by Crippen LogP contribution is -2.26. The standard InChI is InChI=1S/C16H21ClN4O2S/c1-12-7-8-14(9-15(12)17)24(22,23)19-10-16-20-18-11-21(16)13-5-3-2-4-6-13/h7-9,11,13,19H,2-6,10H2,1H3. The normalized spacial score (nSPS) is 16.4. The Hall–Kier alpha value is -1.44. The summed E-state index contributed by atoms with van der Waals surface area (Å²) in [4.78, 5) is 0.154. The number of aryl methyl sites for hydroxylation is 1. The number of sulfonamides is 1. The minimum absolute atomic E-state index is 0.115. The zero-order valence-corrected chi connectivity index (χ0v) is 15.1. The van der Waals surface area contributed by atoms with Crippen LogP contribution in [0.2, 0.25) is 5.02 Å². The fourth-order valence-electron chi connectivity index (χ4n) is 3.04. The number of benzene rings is 1. The summed E-state index contributed by atoms with van der Waals surface area (Å²) >= 11 is 6.03. The van der Waals surface area contributed by atoms with E-state index in [4.69, 9.17) is 11.6 Å². The van der Waals surface area contributed by atoms with Crippen molar-refractivity contribution in [3.63, 3.8) is 0 Å². The average Bonchev–Trinajstić information content (AvgIpc) is 3.05. The van der Waals surface area contributed by atoms with Crippen LogP contribution in [0.5, 0.6) is 0 Å². The molecule has 0 saturated heterocycles. The van der Waals surface area contributed by atoms with Crippen LogP contribution in [0.4, 0.5) is 0 Å². The van der Waals surface area contributed by atoms with Gasteiger partial charge in [-0.25, -0.2) is 13.1 Å². The number of nitrogens with one attached hydrogen (secondary N) is 1. The molecule has 6 nitrogen and oxygen atoms in total. The Morgan fingerprint density at radius 2 is 2.04 bits per heavy atom. The van der Waals surface area contributed by atoms with E-state index in [2.05, 4.69) is 14.9 Å². The SMILES string of the molecule is Cc1ccc(S(=O)(=O)NCc2nncn2C2CCCCC2)cc1Cl. The van der Waals surface area contributed by atoms with Gasteiger partial charge in [0, 0.05) is 11.1 Å². The van der Waals surface area contributed by atoms with Gasteiger partial charge in [0.1, 0.15) is 12.2 Å². The first kappa shape index (κ1) is 17.4. The van der Waals surface area contributed by atoms with Crippen molar-refractivity contribution < 1.29 is 8.42 Å². The van der Waals surface area contributed by atoms with Gasteiger partial charge in [-0.05, 0) is 37.5 Å². The molecule has 24 heavy (non-hydrogen) atoms. The second kappa shape index (κ2) is 7.21. The van der Waals surface area contributed by atoms with Crippen LogP contribution in [0.3, 0.4) is 0 Å². The van der Waals surface area contributed by atoms with E-state index in [-0.39, 0.29) is 11.4 Å². The molecule has 0 spiro atoms. The van der Waals surface area contributed by atoms with Gasteiger partial charge in [0.2, 0.25) is 10.0 Å². The molecule has 1 fully saturated rings. The molecule has 1 heterocycles. The molecule has 8 heteroatoms. The molecule has 130 valence electrons. The smallest absolute Gasteiger partial charge is 0.241 e. The fourth-order valence-corrected chi connectivity index (χ4v) is 4.29. The highest BCUT2D eigenvalue weighted by Crippen LogP contribution is 2.28. The lowest BCUT2D eigenvalue weighted by atomic mass is 9.95. The van der Waals surface area contributed by atoms with Gasteiger partial charge in [-0.2, -0.15) is 0 Å². The van der Waals surface area contributed by atoms with E-state index in [1.807, 2.05) is 11.5 Å². The third-order valence-corrected chi connectivity index (χ3v) is 6.30. The van der Waals surface area contributed by atoms with Crippen LogP contribution >= 0.6 is 11.6 Å². The van der Waals surface area contributed by atoms with Gasteiger partial charge in [-0.1, -0.05) is 36.9 Å². The van der Waals surface area contributed by atoms with Gasteiger partial charge in [0.15, 0.2) is 0 Å². The van der Waals surface area contributed by atoms with Crippen LogP contribution in [0.15, 0.2) is 29.4 Å². The van der Waals surface area contributed by atoms with Crippen LogP contribution in [0, 0.1) is 6.92 Å². The lowest BCUT2D eigenvalue weighted by Gasteiger charge is -2.24. The Morgan fingerprint density at radius 3 is 2.75 bits per heavy atom. The quantitative estimate of drug-likeness (QED) is 0.878. The summed E-state index contributed by atoms with van der Waals surface area (Å²) in [5.74, 6) is 0.642. The van der Waals surface area contributed by atoms with Gasteiger partial charge >= 0.3 is 0 Å². The maximum Gasteiger partial charge on any atom is 0.241 e. The minimum Gasteiger partial charge on any atom is -0.313 e. The third-order valence-electron chi connectivity index (χ3n) is 4.49. The fraction of sp³-hybridized carbons (Fsp3) is 0.500. The maximum absolute atomic E-state index is 12.5. The van der Waals surface area contributed by atoms with Crippen molar-refractivity contribution in [3.05, 3.63) is 40.9 Å². The summed E-state index contributed by atoms with van der Waals surface area (Å²) in [5, 5.41) is 8.47. The van der Waals surface area contributed by atoms with Crippen LogP contribution in [-0.2, 0) is 16.6 Å². The number of nitrogens with zero attached hydrogens (tertiary/aromatic N) is 3. The molecule has 1 saturated carbocycles. The van der Waals surface area contributed by atoms with Crippen LogP contribution in [-0.4, -0.2) is 23.2 Å². The molecule has 0 radical (unpaired) electrons. The Bertz CT molecular complexity index is 813. The van der Waals surface area contributed by atoms with E-state index >= 15 is 0 Å². The van der Waals surface area contributed by atoms with Crippen LogP contribution < -0.4 is 4.72 Å². The highest BCUT2D eigenvalue weighted by Gasteiger charge is 2.20. The molecule has 1 aromatic heterocycles. The van der Waals surface area contributed by atoms with Gasteiger partial charge in [-0.3, -0.25) is 0 Å². The molecule has 3 rings (SSSR count). The maximum atomic E-state index is 12.5. The Labute approximate surface area is 147 Å². The van der Waals surface area contributed by atoms with E-state index in [9.17, 15) is 8.42 Å². The average molecular weight is 369 g/mol. The number of aromatic nitrogens is 3. The molecule has 1 aliphatic rings. The highest BCUT2D eigenvalue weighted by atomic mass is 35.5. The first-order valence-corrected chi connectivity index (χ1v) is 9.98. The van der Waals surface area contributed by atoms with Gasteiger partial charge < -0.3 is 4.57 Å². The summed E-state index contributed by atoms with van der Waals surface area (Å²) in [5.41, 5.74) is 0.840. The van der Waals surface area contributed by atoms with Crippen molar-refractivity contribution in [2.24, 2.45) is 0 Å². The molecular weight excluding hydrogens is 348 g/mol. The molecule has 0 aliphatic heterocycles. The third kappa shape index (κ3) is 3.79.